The molecule has 0 rings (SSSR count). The average molecular weight is 215 g/mol. The summed E-state index contributed by atoms with van der Waals surface area (Å²) < 4.78 is 8.06. The molecule has 3 nitrogen and oxygen atoms in total. The minimum Gasteiger partial charge on any atom is -0.397 e. The van der Waals surface area contributed by atoms with Gasteiger partial charge in [-0.15, -0.1) is 0 Å². The van der Waals surface area contributed by atoms with Crippen molar-refractivity contribution in [1.82, 2.24) is 13.8 Å². The molecular formula is C8H21N3Si2. The molecule has 0 saturated carbocycles. The fraction of sp³-hybridized carbons (Fsp3) is 0.500. The highest BCUT2D eigenvalue weighted by Gasteiger charge is 2.14. The van der Waals surface area contributed by atoms with Gasteiger partial charge in [0.25, 0.3) is 0 Å². The summed E-state index contributed by atoms with van der Waals surface area (Å²) in [5, 5.41) is 0. The Morgan fingerprint density at radius 2 is 1.31 bits per heavy atom. The van der Waals surface area contributed by atoms with E-state index < -0.39 is 18.2 Å². The van der Waals surface area contributed by atoms with Gasteiger partial charge in [-0.05, 0) is 39.6 Å². The van der Waals surface area contributed by atoms with E-state index in [-0.39, 0.29) is 0 Å². The molecule has 5 heteroatoms. The molecule has 0 aliphatic carbocycles. The molecule has 0 spiro atoms. The quantitative estimate of drug-likeness (QED) is 0.648. The molecule has 0 radical (unpaired) electrons. The van der Waals surface area contributed by atoms with Crippen LogP contribution in [0.2, 0.25) is 13.1 Å². The molecule has 2 unspecified atom stereocenters. The lowest BCUT2D eigenvalue weighted by Gasteiger charge is -2.29. The van der Waals surface area contributed by atoms with Crippen LogP contribution in [0, 0.1) is 0 Å². The zero-order chi connectivity index (χ0) is 10.4. The number of nitrogens with one attached hydrogen (secondary N) is 1. The Balaban J connectivity index is 3.96. The van der Waals surface area contributed by atoms with Gasteiger partial charge in [0.1, 0.15) is 0 Å². The molecule has 0 aromatic heterocycles. The molecule has 2 atom stereocenters. The molecule has 0 aromatic rings. The van der Waals surface area contributed by atoms with Gasteiger partial charge in [-0.25, -0.2) is 0 Å². The van der Waals surface area contributed by atoms with Crippen LogP contribution in [0.3, 0.4) is 0 Å². The first-order valence-electron chi connectivity index (χ1n) is 4.48. The standard InChI is InChI=1S/C8H21N3Si2/c1-7-10(3)12(5)9-13(6)11(4)8-2/h7-9,12-13H,1-2H2,3-6H3. The topological polar surface area (TPSA) is 18.5 Å². The molecule has 0 bridgehead atoms. The maximum absolute atomic E-state index is 3.76. The molecule has 13 heavy (non-hydrogen) atoms. The van der Waals surface area contributed by atoms with Crippen molar-refractivity contribution in [3.63, 3.8) is 0 Å². The van der Waals surface area contributed by atoms with Gasteiger partial charge in [0, 0.05) is 0 Å². The Morgan fingerprint density at radius 3 is 1.54 bits per heavy atom. The molecule has 0 aliphatic heterocycles. The fourth-order valence-electron chi connectivity index (χ4n) is 0.900. The van der Waals surface area contributed by atoms with Crippen LogP contribution in [0.5, 0.6) is 0 Å². The zero-order valence-electron chi connectivity index (χ0n) is 9.12. The summed E-state index contributed by atoms with van der Waals surface area (Å²) in [6, 6.07) is 0. The summed E-state index contributed by atoms with van der Waals surface area (Å²) in [5.74, 6) is 0. The third kappa shape index (κ3) is 4.30. The molecular weight excluding hydrogens is 194 g/mol. The first-order chi connectivity index (χ1) is 6.02. The van der Waals surface area contributed by atoms with Crippen LogP contribution in [0.4, 0.5) is 0 Å². The molecule has 0 fully saturated rings. The van der Waals surface area contributed by atoms with E-state index >= 15 is 0 Å². The first kappa shape index (κ1) is 12.5. The second-order valence-corrected chi connectivity index (χ2v) is 8.88. The third-order valence-corrected chi connectivity index (χ3v) is 9.00. The highest BCUT2D eigenvalue weighted by molar-refractivity contribution is 6.69. The van der Waals surface area contributed by atoms with Crippen molar-refractivity contribution in [1.29, 1.82) is 0 Å². The van der Waals surface area contributed by atoms with Crippen molar-refractivity contribution >= 4 is 18.2 Å². The predicted octanol–water partition coefficient (Wildman–Crippen LogP) is 0.427. The average Bonchev–Trinajstić information content (AvgIpc) is 2.14. The van der Waals surface area contributed by atoms with Gasteiger partial charge >= 0.3 is 0 Å². The maximum Gasteiger partial charge on any atom is 0.206 e. The lowest BCUT2D eigenvalue weighted by molar-refractivity contribution is 0.675. The van der Waals surface area contributed by atoms with Gasteiger partial charge in [-0.3, -0.25) is 0 Å². The smallest absolute Gasteiger partial charge is 0.206 e. The summed E-state index contributed by atoms with van der Waals surface area (Å²) in [7, 11) is 2.18. The molecule has 0 amide bonds. The van der Waals surface area contributed by atoms with Crippen LogP contribution in [0.15, 0.2) is 25.6 Å². The van der Waals surface area contributed by atoms with Crippen molar-refractivity contribution in [3.05, 3.63) is 25.6 Å². The summed E-state index contributed by atoms with van der Waals surface area (Å²) in [6.07, 6.45) is 3.78. The third-order valence-electron chi connectivity index (χ3n) is 2.28. The summed E-state index contributed by atoms with van der Waals surface area (Å²) in [4.78, 5) is 0. The van der Waals surface area contributed by atoms with E-state index in [2.05, 4.69) is 54.1 Å². The van der Waals surface area contributed by atoms with Crippen LogP contribution in [-0.2, 0) is 0 Å². The predicted molar refractivity (Wildman–Crippen MR) is 65.1 cm³/mol. The Kier molecular flexibility index (Phi) is 5.77. The normalized spacial score (nSPS) is 14.5. The highest BCUT2D eigenvalue weighted by Crippen LogP contribution is 1.92. The summed E-state index contributed by atoms with van der Waals surface area (Å²) in [6.45, 7) is 12.0. The Morgan fingerprint density at radius 1 is 1.00 bits per heavy atom. The number of hydrogen-bond donors (Lipinski definition) is 1. The van der Waals surface area contributed by atoms with Crippen LogP contribution in [-0.4, -0.2) is 41.5 Å². The van der Waals surface area contributed by atoms with Crippen LogP contribution in [0.1, 0.15) is 0 Å². The van der Waals surface area contributed by atoms with Gasteiger partial charge in [0.05, 0.1) is 0 Å². The molecule has 76 valence electrons. The SMILES string of the molecule is C=CN(C)[SiH](C)N[SiH](C)N(C)C=C. The van der Waals surface area contributed by atoms with Crippen molar-refractivity contribution in [3.8, 4) is 0 Å². The van der Waals surface area contributed by atoms with E-state index in [9.17, 15) is 0 Å². The minimum atomic E-state index is -0.987. The van der Waals surface area contributed by atoms with E-state index in [4.69, 9.17) is 0 Å². The van der Waals surface area contributed by atoms with Crippen LogP contribution >= 0.6 is 0 Å². The largest absolute Gasteiger partial charge is 0.397 e. The second-order valence-electron chi connectivity index (χ2n) is 3.21. The Bertz CT molecular complexity index is 157. The van der Waals surface area contributed by atoms with Gasteiger partial charge in [-0.2, -0.15) is 0 Å². The van der Waals surface area contributed by atoms with Gasteiger partial charge < -0.3 is 13.8 Å². The van der Waals surface area contributed by atoms with Crippen molar-refractivity contribution in [2.75, 3.05) is 14.1 Å². The second kappa shape index (κ2) is 6.01. The number of hydrogen-bond acceptors (Lipinski definition) is 3. The first-order valence-corrected chi connectivity index (χ1v) is 8.97. The lowest BCUT2D eigenvalue weighted by atomic mass is 11.0. The molecule has 0 saturated heterocycles. The maximum atomic E-state index is 3.76. The van der Waals surface area contributed by atoms with E-state index in [1.807, 2.05) is 12.4 Å². The summed E-state index contributed by atoms with van der Waals surface area (Å²) >= 11 is 0. The van der Waals surface area contributed by atoms with Crippen LogP contribution in [0.25, 0.3) is 0 Å². The monoisotopic (exact) mass is 215 g/mol. The molecule has 0 heterocycles. The van der Waals surface area contributed by atoms with E-state index in [0.717, 1.165) is 0 Å². The highest BCUT2D eigenvalue weighted by atomic mass is 28.4. The van der Waals surface area contributed by atoms with Gasteiger partial charge in [0.2, 0.25) is 18.2 Å². The number of rotatable bonds is 6. The van der Waals surface area contributed by atoms with Crippen molar-refractivity contribution < 1.29 is 0 Å². The Labute approximate surface area is 85.3 Å². The number of nitrogens with zero attached hydrogens (tertiary/aromatic N) is 2. The van der Waals surface area contributed by atoms with E-state index in [0.29, 0.717) is 0 Å². The molecule has 0 aromatic carbocycles. The van der Waals surface area contributed by atoms with Gasteiger partial charge in [-0.1, -0.05) is 13.2 Å². The summed E-state index contributed by atoms with van der Waals surface area (Å²) in [5.41, 5.74) is 0. The van der Waals surface area contributed by atoms with Crippen molar-refractivity contribution in [2.24, 2.45) is 0 Å². The molecule has 0 aliphatic rings. The van der Waals surface area contributed by atoms with E-state index in [1.165, 1.54) is 0 Å². The van der Waals surface area contributed by atoms with E-state index in [1.54, 1.807) is 0 Å². The van der Waals surface area contributed by atoms with Crippen LogP contribution < -0.4 is 4.65 Å². The van der Waals surface area contributed by atoms with Gasteiger partial charge in [0.15, 0.2) is 0 Å². The lowest BCUT2D eigenvalue weighted by Crippen LogP contribution is -2.54. The fourth-order valence-corrected chi connectivity index (χ4v) is 6.21. The Hall–Kier alpha value is -0.526. The minimum absolute atomic E-state index is 0.987. The molecule has 1 N–H and O–H groups in total. The zero-order valence-corrected chi connectivity index (χ0v) is 11.4. The van der Waals surface area contributed by atoms with Crippen molar-refractivity contribution in [2.45, 2.75) is 13.1 Å².